The van der Waals surface area contributed by atoms with Crippen LogP contribution in [0.25, 0.3) is 33.4 Å². The summed E-state index contributed by atoms with van der Waals surface area (Å²) in [5, 5.41) is 2.29. The normalized spacial score (nSPS) is 10.9. The molecule has 134 valence electrons. The highest BCUT2D eigenvalue weighted by molar-refractivity contribution is 5.96. The topological polar surface area (TPSA) is 55.0 Å². The van der Waals surface area contributed by atoms with E-state index in [2.05, 4.69) is 29.2 Å². The molecule has 4 aromatic rings. The van der Waals surface area contributed by atoms with Gasteiger partial charge in [-0.15, -0.1) is 0 Å². The first kappa shape index (κ1) is 17.0. The predicted molar refractivity (Wildman–Crippen MR) is 108 cm³/mol. The lowest BCUT2D eigenvalue weighted by atomic mass is 10.1. The van der Waals surface area contributed by atoms with Crippen LogP contribution in [0.2, 0.25) is 0 Å². The van der Waals surface area contributed by atoms with Crippen molar-refractivity contribution in [2.45, 2.75) is 13.8 Å². The summed E-state index contributed by atoms with van der Waals surface area (Å²) in [6.45, 7) is 4.14. The molecule has 1 heterocycles. The molecular weight excluding hydrogens is 336 g/mol. The molecule has 1 aromatic heterocycles. The Labute approximate surface area is 157 Å². The van der Waals surface area contributed by atoms with Crippen LogP contribution in [0.4, 0.5) is 0 Å². The molecule has 4 heteroatoms. The molecule has 3 aromatic carbocycles. The van der Waals surface area contributed by atoms with Crippen LogP contribution in [0, 0.1) is 6.92 Å². The molecule has 0 saturated heterocycles. The van der Waals surface area contributed by atoms with E-state index in [1.807, 2.05) is 49.4 Å². The summed E-state index contributed by atoms with van der Waals surface area (Å²) in [7, 11) is 0. The van der Waals surface area contributed by atoms with Crippen LogP contribution in [-0.2, 0) is 4.74 Å². The molecule has 0 aliphatic carbocycles. The first-order chi connectivity index (χ1) is 13.2. The monoisotopic (exact) mass is 356 g/mol. The molecule has 0 bridgehead atoms. The van der Waals surface area contributed by atoms with Gasteiger partial charge in [-0.05, 0) is 30.7 Å². The zero-order valence-electron chi connectivity index (χ0n) is 15.3. The standard InChI is InChI=1S/C23H20N2O2/c1-3-27-23(26)21-20(17-10-8-15(2)9-11-17)24-22(25-21)19-13-12-16-6-4-5-7-18(16)14-19/h4-14H,3H2,1-2H3,(H,24,25). The number of carbonyl (C=O) groups is 1. The van der Waals surface area contributed by atoms with E-state index in [4.69, 9.17) is 9.72 Å². The summed E-state index contributed by atoms with van der Waals surface area (Å²) in [6, 6.07) is 22.3. The van der Waals surface area contributed by atoms with Gasteiger partial charge in [-0.3, -0.25) is 0 Å². The lowest BCUT2D eigenvalue weighted by molar-refractivity contribution is 0.0521. The molecule has 0 radical (unpaired) electrons. The Morgan fingerprint density at radius 3 is 2.41 bits per heavy atom. The van der Waals surface area contributed by atoms with Gasteiger partial charge in [0, 0.05) is 11.1 Å². The number of fused-ring (bicyclic) bond motifs is 1. The Bertz CT molecular complexity index is 1110. The first-order valence-electron chi connectivity index (χ1n) is 8.99. The van der Waals surface area contributed by atoms with E-state index in [0.29, 0.717) is 23.8 Å². The highest BCUT2D eigenvalue weighted by Gasteiger charge is 2.20. The molecule has 0 unspecified atom stereocenters. The third-order valence-electron chi connectivity index (χ3n) is 4.53. The van der Waals surface area contributed by atoms with Crippen molar-refractivity contribution in [2.75, 3.05) is 6.61 Å². The number of imidazole rings is 1. The van der Waals surface area contributed by atoms with Gasteiger partial charge in [0.2, 0.25) is 0 Å². The fraction of sp³-hybridized carbons (Fsp3) is 0.130. The van der Waals surface area contributed by atoms with Crippen LogP contribution in [0.15, 0.2) is 66.7 Å². The summed E-state index contributed by atoms with van der Waals surface area (Å²) in [5.74, 6) is 0.256. The third-order valence-corrected chi connectivity index (χ3v) is 4.53. The fourth-order valence-corrected chi connectivity index (χ4v) is 3.12. The number of carbonyl (C=O) groups excluding carboxylic acids is 1. The molecule has 0 fully saturated rings. The van der Waals surface area contributed by atoms with Crippen molar-refractivity contribution in [3.05, 3.63) is 78.0 Å². The number of nitrogens with zero attached hydrogens (tertiary/aromatic N) is 1. The molecule has 0 spiro atoms. The van der Waals surface area contributed by atoms with E-state index in [9.17, 15) is 4.79 Å². The third kappa shape index (κ3) is 3.34. The average Bonchev–Trinajstić information content (AvgIpc) is 3.14. The molecule has 0 amide bonds. The van der Waals surface area contributed by atoms with E-state index in [1.165, 1.54) is 0 Å². The van der Waals surface area contributed by atoms with Gasteiger partial charge >= 0.3 is 5.97 Å². The lowest BCUT2D eigenvalue weighted by Crippen LogP contribution is -2.06. The maximum absolute atomic E-state index is 12.5. The number of H-pyrrole nitrogens is 1. The minimum Gasteiger partial charge on any atom is -0.461 e. The van der Waals surface area contributed by atoms with Crippen molar-refractivity contribution in [1.82, 2.24) is 9.97 Å². The van der Waals surface area contributed by atoms with Crippen LogP contribution in [0.3, 0.4) is 0 Å². The van der Waals surface area contributed by atoms with Crippen molar-refractivity contribution in [3.8, 4) is 22.6 Å². The summed E-state index contributed by atoms with van der Waals surface area (Å²) >= 11 is 0. The number of nitrogens with one attached hydrogen (secondary N) is 1. The highest BCUT2D eigenvalue weighted by Crippen LogP contribution is 2.28. The fourth-order valence-electron chi connectivity index (χ4n) is 3.12. The van der Waals surface area contributed by atoms with Gasteiger partial charge in [-0.1, -0.05) is 66.2 Å². The van der Waals surface area contributed by atoms with Crippen molar-refractivity contribution >= 4 is 16.7 Å². The Balaban J connectivity index is 1.84. The minimum atomic E-state index is -0.396. The van der Waals surface area contributed by atoms with Gasteiger partial charge in [0.15, 0.2) is 5.69 Å². The second kappa shape index (κ2) is 7.08. The SMILES string of the molecule is CCOC(=O)c1[nH]c(-c2ccc3ccccc3c2)nc1-c1ccc(C)cc1. The number of esters is 1. The van der Waals surface area contributed by atoms with E-state index in [0.717, 1.165) is 27.5 Å². The quantitative estimate of drug-likeness (QED) is 0.499. The van der Waals surface area contributed by atoms with Crippen LogP contribution in [-0.4, -0.2) is 22.5 Å². The number of benzene rings is 3. The Morgan fingerprint density at radius 1 is 0.963 bits per heavy atom. The van der Waals surface area contributed by atoms with Crippen molar-refractivity contribution < 1.29 is 9.53 Å². The zero-order valence-corrected chi connectivity index (χ0v) is 15.3. The zero-order chi connectivity index (χ0) is 18.8. The number of hydrogen-bond donors (Lipinski definition) is 1. The van der Waals surface area contributed by atoms with E-state index in [-0.39, 0.29) is 0 Å². The molecule has 0 saturated carbocycles. The minimum absolute atomic E-state index is 0.316. The molecule has 27 heavy (non-hydrogen) atoms. The van der Waals surface area contributed by atoms with Gasteiger partial charge < -0.3 is 9.72 Å². The predicted octanol–water partition coefficient (Wildman–Crippen LogP) is 5.38. The van der Waals surface area contributed by atoms with E-state index >= 15 is 0 Å². The second-order valence-electron chi connectivity index (χ2n) is 6.46. The first-order valence-corrected chi connectivity index (χ1v) is 8.99. The van der Waals surface area contributed by atoms with Gasteiger partial charge in [-0.2, -0.15) is 0 Å². The molecular formula is C23H20N2O2. The van der Waals surface area contributed by atoms with Crippen LogP contribution in [0.1, 0.15) is 23.0 Å². The largest absolute Gasteiger partial charge is 0.461 e. The Hall–Kier alpha value is -3.40. The number of aromatic amines is 1. The van der Waals surface area contributed by atoms with Gasteiger partial charge in [0.25, 0.3) is 0 Å². The number of ether oxygens (including phenoxy) is 1. The number of aryl methyl sites for hydroxylation is 1. The molecule has 0 aliphatic rings. The maximum atomic E-state index is 12.5. The smallest absolute Gasteiger partial charge is 0.357 e. The van der Waals surface area contributed by atoms with Crippen molar-refractivity contribution in [3.63, 3.8) is 0 Å². The van der Waals surface area contributed by atoms with E-state index in [1.54, 1.807) is 6.92 Å². The van der Waals surface area contributed by atoms with Gasteiger partial charge in [-0.25, -0.2) is 9.78 Å². The van der Waals surface area contributed by atoms with Crippen molar-refractivity contribution in [2.24, 2.45) is 0 Å². The van der Waals surface area contributed by atoms with Gasteiger partial charge in [0.05, 0.1) is 6.61 Å². The van der Waals surface area contributed by atoms with Gasteiger partial charge in [0.1, 0.15) is 11.5 Å². The summed E-state index contributed by atoms with van der Waals surface area (Å²) in [5.41, 5.74) is 3.95. The van der Waals surface area contributed by atoms with Crippen LogP contribution in [0.5, 0.6) is 0 Å². The highest BCUT2D eigenvalue weighted by atomic mass is 16.5. The number of aromatic nitrogens is 2. The van der Waals surface area contributed by atoms with Crippen molar-refractivity contribution in [1.29, 1.82) is 0 Å². The van der Waals surface area contributed by atoms with Crippen LogP contribution < -0.4 is 0 Å². The molecule has 0 atom stereocenters. The number of rotatable bonds is 4. The summed E-state index contributed by atoms with van der Waals surface area (Å²) in [6.07, 6.45) is 0. The van der Waals surface area contributed by atoms with Crippen LogP contribution >= 0.6 is 0 Å². The number of hydrogen-bond acceptors (Lipinski definition) is 3. The molecule has 1 N–H and O–H groups in total. The Morgan fingerprint density at radius 2 is 1.67 bits per heavy atom. The van der Waals surface area contributed by atoms with E-state index < -0.39 is 5.97 Å². The Kier molecular flexibility index (Phi) is 4.47. The lowest BCUT2D eigenvalue weighted by Gasteiger charge is -2.03. The average molecular weight is 356 g/mol. The maximum Gasteiger partial charge on any atom is 0.357 e. The summed E-state index contributed by atoms with van der Waals surface area (Å²) in [4.78, 5) is 20.4. The summed E-state index contributed by atoms with van der Waals surface area (Å²) < 4.78 is 5.22. The molecule has 4 rings (SSSR count). The molecule has 0 aliphatic heterocycles. The molecule has 4 nitrogen and oxygen atoms in total. The second-order valence-corrected chi connectivity index (χ2v) is 6.46.